The molecule has 3 nitrogen and oxygen atoms in total. The number of hydrogen-bond donors (Lipinski definition) is 1. The molecule has 0 bridgehead atoms. The zero-order valence-corrected chi connectivity index (χ0v) is 15.5. The summed E-state index contributed by atoms with van der Waals surface area (Å²) < 4.78 is 5.72. The smallest absolute Gasteiger partial charge is 0.262 e. The van der Waals surface area contributed by atoms with Crippen LogP contribution in [0.3, 0.4) is 0 Å². The van der Waals surface area contributed by atoms with Crippen LogP contribution in [0, 0.1) is 20.8 Å². The van der Waals surface area contributed by atoms with E-state index < -0.39 is 0 Å². The lowest BCUT2D eigenvalue weighted by Gasteiger charge is -2.19. The molecule has 3 heteroatoms. The van der Waals surface area contributed by atoms with Crippen LogP contribution in [-0.2, 0) is 10.2 Å². The summed E-state index contributed by atoms with van der Waals surface area (Å²) in [7, 11) is 0. The number of hydrogen-bond acceptors (Lipinski definition) is 2. The number of rotatable bonds is 4. The highest BCUT2D eigenvalue weighted by Crippen LogP contribution is 2.25. The van der Waals surface area contributed by atoms with Gasteiger partial charge in [-0.25, -0.2) is 0 Å². The molecule has 0 unspecified atom stereocenters. The van der Waals surface area contributed by atoms with Crippen LogP contribution in [0.25, 0.3) is 0 Å². The number of aryl methyl sites for hydroxylation is 3. The lowest BCUT2D eigenvalue weighted by atomic mass is 9.87. The minimum absolute atomic E-state index is 0.00572. The van der Waals surface area contributed by atoms with E-state index in [9.17, 15) is 4.79 Å². The van der Waals surface area contributed by atoms with Crippen LogP contribution in [0.4, 0.5) is 5.69 Å². The number of carbonyl (C=O) groups excluding carboxylic acids is 1. The lowest BCUT2D eigenvalue weighted by Crippen LogP contribution is -2.21. The SMILES string of the molecule is Cc1cc(C)c(OCC(=O)Nc2ccc(C(C)(C)C)cc2)c(C)c1. The van der Waals surface area contributed by atoms with E-state index >= 15 is 0 Å². The first-order valence-electron chi connectivity index (χ1n) is 8.28. The van der Waals surface area contributed by atoms with Gasteiger partial charge in [0.15, 0.2) is 6.61 Å². The van der Waals surface area contributed by atoms with Crippen molar-refractivity contribution in [3.63, 3.8) is 0 Å². The predicted octanol–water partition coefficient (Wildman–Crippen LogP) is 4.93. The van der Waals surface area contributed by atoms with E-state index in [1.165, 1.54) is 11.1 Å². The van der Waals surface area contributed by atoms with Gasteiger partial charge in [-0.2, -0.15) is 0 Å². The summed E-state index contributed by atoms with van der Waals surface area (Å²) in [6.07, 6.45) is 0. The quantitative estimate of drug-likeness (QED) is 0.866. The van der Waals surface area contributed by atoms with Crippen LogP contribution in [-0.4, -0.2) is 12.5 Å². The number of nitrogens with one attached hydrogen (secondary N) is 1. The Morgan fingerprint density at radius 1 is 1.00 bits per heavy atom. The van der Waals surface area contributed by atoms with E-state index in [0.29, 0.717) is 0 Å². The van der Waals surface area contributed by atoms with Gasteiger partial charge in [-0.1, -0.05) is 50.6 Å². The highest BCUT2D eigenvalue weighted by Gasteiger charge is 2.13. The second-order valence-corrected chi connectivity index (χ2v) is 7.39. The second kappa shape index (κ2) is 7.08. The maximum Gasteiger partial charge on any atom is 0.262 e. The molecule has 0 atom stereocenters. The Kier molecular flexibility index (Phi) is 5.33. The van der Waals surface area contributed by atoms with E-state index in [-0.39, 0.29) is 17.9 Å². The predicted molar refractivity (Wildman–Crippen MR) is 99.9 cm³/mol. The van der Waals surface area contributed by atoms with Crippen molar-refractivity contribution < 1.29 is 9.53 Å². The van der Waals surface area contributed by atoms with Gasteiger partial charge in [0, 0.05) is 5.69 Å². The third-order valence-corrected chi connectivity index (χ3v) is 3.99. The fourth-order valence-electron chi connectivity index (χ4n) is 2.78. The van der Waals surface area contributed by atoms with Crippen LogP contribution in [0.5, 0.6) is 5.75 Å². The molecule has 0 aliphatic rings. The molecule has 0 aliphatic heterocycles. The topological polar surface area (TPSA) is 38.3 Å². The molecule has 2 aromatic rings. The van der Waals surface area contributed by atoms with Gasteiger partial charge in [0.05, 0.1) is 0 Å². The number of benzene rings is 2. The van der Waals surface area contributed by atoms with Gasteiger partial charge in [-0.15, -0.1) is 0 Å². The molecule has 1 N–H and O–H groups in total. The van der Waals surface area contributed by atoms with Crippen LogP contribution >= 0.6 is 0 Å². The van der Waals surface area contributed by atoms with Crippen molar-refractivity contribution in [1.82, 2.24) is 0 Å². The molecule has 24 heavy (non-hydrogen) atoms. The minimum atomic E-state index is -0.155. The van der Waals surface area contributed by atoms with E-state index in [1.54, 1.807) is 0 Å². The molecule has 128 valence electrons. The summed E-state index contributed by atoms with van der Waals surface area (Å²) in [6, 6.07) is 12.1. The molecule has 2 aromatic carbocycles. The largest absolute Gasteiger partial charge is 0.483 e. The molecular weight excluding hydrogens is 298 g/mol. The third-order valence-electron chi connectivity index (χ3n) is 3.99. The van der Waals surface area contributed by atoms with Gasteiger partial charge in [0.25, 0.3) is 5.91 Å². The second-order valence-electron chi connectivity index (χ2n) is 7.39. The minimum Gasteiger partial charge on any atom is -0.483 e. The first-order valence-corrected chi connectivity index (χ1v) is 8.28. The van der Waals surface area contributed by atoms with Crippen LogP contribution in [0.2, 0.25) is 0 Å². The molecule has 0 heterocycles. The monoisotopic (exact) mass is 325 g/mol. The Morgan fingerprint density at radius 3 is 2.04 bits per heavy atom. The van der Waals surface area contributed by atoms with Gasteiger partial charge in [-0.05, 0) is 55.0 Å². The Labute approximate surface area is 145 Å². The highest BCUT2D eigenvalue weighted by molar-refractivity contribution is 5.91. The fraction of sp³-hybridized carbons (Fsp3) is 0.381. The van der Waals surface area contributed by atoms with Crippen molar-refractivity contribution in [2.75, 3.05) is 11.9 Å². The Morgan fingerprint density at radius 2 is 1.54 bits per heavy atom. The summed E-state index contributed by atoms with van der Waals surface area (Å²) in [5, 5.41) is 2.88. The van der Waals surface area contributed by atoms with E-state index in [4.69, 9.17) is 4.74 Å². The van der Waals surface area contributed by atoms with Crippen molar-refractivity contribution in [3.8, 4) is 5.75 Å². The molecule has 0 aromatic heterocycles. The van der Waals surface area contributed by atoms with Gasteiger partial charge < -0.3 is 10.1 Å². The summed E-state index contributed by atoms with van der Waals surface area (Å²) in [4.78, 5) is 12.1. The summed E-state index contributed by atoms with van der Waals surface area (Å²) >= 11 is 0. The van der Waals surface area contributed by atoms with Crippen LogP contribution < -0.4 is 10.1 Å². The summed E-state index contributed by atoms with van der Waals surface area (Å²) in [5.41, 5.74) is 5.42. The zero-order valence-electron chi connectivity index (χ0n) is 15.5. The fourth-order valence-corrected chi connectivity index (χ4v) is 2.78. The Hall–Kier alpha value is -2.29. The average molecular weight is 325 g/mol. The maximum atomic E-state index is 12.1. The maximum absolute atomic E-state index is 12.1. The Bertz CT molecular complexity index is 701. The molecule has 0 fully saturated rings. The number of ether oxygens (including phenoxy) is 1. The van der Waals surface area contributed by atoms with E-state index in [0.717, 1.165) is 22.6 Å². The lowest BCUT2D eigenvalue weighted by molar-refractivity contribution is -0.118. The first-order chi connectivity index (χ1) is 11.2. The molecule has 2 rings (SSSR count). The molecule has 0 spiro atoms. The van der Waals surface area contributed by atoms with E-state index in [2.05, 4.69) is 45.1 Å². The molecule has 1 amide bonds. The van der Waals surface area contributed by atoms with Crippen LogP contribution in [0.15, 0.2) is 36.4 Å². The molecular formula is C21H27NO2. The highest BCUT2D eigenvalue weighted by atomic mass is 16.5. The number of amides is 1. The molecule has 0 saturated heterocycles. The number of carbonyl (C=O) groups is 1. The van der Waals surface area contributed by atoms with Crippen LogP contribution in [0.1, 0.15) is 43.0 Å². The first kappa shape index (κ1) is 18.1. The van der Waals surface area contributed by atoms with Crippen molar-refractivity contribution in [2.45, 2.75) is 47.0 Å². The normalized spacial score (nSPS) is 11.2. The van der Waals surface area contributed by atoms with Crippen molar-refractivity contribution in [3.05, 3.63) is 58.7 Å². The Balaban J connectivity index is 1.97. The standard InChI is InChI=1S/C21H27NO2/c1-14-11-15(2)20(16(3)12-14)24-13-19(23)22-18-9-7-17(8-10-18)21(4,5)6/h7-12H,13H2,1-6H3,(H,22,23). The number of anilines is 1. The summed E-state index contributed by atoms with van der Waals surface area (Å²) in [5.74, 6) is 0.636. The van der Waals surface area contributed by atoms with Crippen molar-refractivity contribution in [1.29, 1.82) is 0 Å². The van der Waals surface area contributed by atoms with Gasteiger partial charge in [0.1, 0.15) is 5.75 Å². The van der Waals surface area contributed by atoms with Gasteiger partial charge in [0.2, 0.25) is 0 Å². The van der Waals surface area contributed by atoms with E-state index in [1.807, 2.05) is 38.1 Å². The van der Waals surface area contributed by atoms with Gasteiger partial charge in [-0.3, -0.25) is 4.79 Å². The van der Waals surface area contributed by atoms with Crippen molar-refractivity contribution in [2.24, 2.45) is 0 Å². The molecule has 0 radical (unpaired) electrons. The van der Waals surface area contributed by atoms with Crippen molar-refractivity contribution >= 4 is 11.6 Å². The zero-order chi connectivity index (χ0) is 17.9. The summed E-state index contributed by atoms with van der Waals surface area (Å²) in [6.45, 7) is 12.6. The molecule has 0 saturated carbocycles. The third kappa shape index (κ3) is 4.60. The average Bonchev–Trinajstić information content (AvgIpc) is 2.45. The van der Waals surface area contributed by atoms with Gasteiger partial charge >= 0.3 is 0 Å². The molecule has 0 aliphatic carbocycles.